The molecule has 0 aliphatic carbocycles. The van der Waals surface area contributed by atoms with Crippen LogP contribution in [0.5, 0.6) is 0 Å². The molecule has 0 saturated carbocycles. The van der Waals surface area contributed by atoms with Gasteiger partial charge in [-0.05, 0) is 18.9 Å². The number of benzene rings is 1. The van der Waals surface area contributed by atoms with Crippen molar-refractivity contribution in [3.63, 3.8) is 0 Å². The minimum absolute atomic E-state index is 0.0508. The van der Waals surface area contributed by atoms with Crippen molar-refractivity contribution in [1.82, 2.24) is 10.6 Å². The van der Waals surface area contributed by atoms with E-state index >= 15 is 0 Å². The van der Waals surface area contributed by atoms with E-state index in [-0.39, 0.29) is 31.2 Å². The number of hydrogen-bond acceptors (Lipinski definition) is 6. The molecule has 2 amide bonds. The molecular formula is C19H30N4O4. The van der Waals surface area contributed by atoms with E-state index in [0.717, 1.165) is 5.56 Å². The summed E-state index contributed by atoms with van der Waals surface area (Å²) in [6.07, 6.45) is -0.415. The SMILES string of the molecule is CCC(=O)[C@H](CN)NC(=O)[C@@H](NC(=O)CCC(N)c1ccccc1)C(C)O. The van der Waals surface area contributed by atoms with Gasteiger partial charge in [-0.1, -0.05) is 37.3 Å². The number of Topliss-reactive ketones (excluding diaryl/α,β-unsaturated/α-hetero) is 1. The summed E-state index contributed by atoms with van der Waals surface area (Å²) in [6, 6.07) is 7.06. The summed E-state index contributed by atoms with van der Waals surface area (Å²) in [6.45, 7) is 3.01. The Bertz CT molecular complexity index is 621. The van der Waals surface area contributed by atoms with Crippen LogP contribution >= 0.6 is 0 Å². The molecule has 0 saturated heterocycles. The Morgan fingerprint density at radius 2 is 1.78 bits per heavy atom. The largest absolute Gasteiger partial charge is 0.391 e. The Morgan fingerprint density at radius 3 is 2.30 bits per heavy atom. The van der Waals surface area contributed by atoms with Crippen molar-refractivity contribution in [2.75, 3.05) is 6.54 Å². The zero-order chi connectivity index (χ0) is 20.4. The minimum atomic E-state index is -1.18. The van der Waals surface area contributed by atoms with Gasteiger partial charge in [-0.25, -0.2) is 0 Å². The number of hydrogen-bond donors (Lipinski definition) is 5. The Balaban J connectivity index is 2.61. The molecule has 1 aromatic carbocycles. The van der Waals surface area contributed by atoms with Crippen molar-refractivity contribution < 1.29 is 19.5 Å². The van der Waals surface area contributed by atoms with Gasteiger partial charge in [0.15, 0.2) is 5.78 Å². The number of carbonyl (C=O) groups excluding carboxylic acids is 3. The second kappa shape index (κ2) is 11.4. The number of rotatable bonds is 11. The van der Waals surface area contributed by atoms with Crippen molar-refractivity contribution in [2.45, 2.75) is 57.3 Å². The lowest BCUT2D eigenvalue weighted by atomic mass is 10.0. The van der Waals surface area contributed by atoms with E-state index in [1.54, 1.807) is 6.92 Å². The third-order valence-electron chi connectivity index (χ3n) is 4.28. The van der Waals surface area contributed by atoms with Crippen molar-refractivity contribution >= 4 is 17.6 Å². The number of amides is 2. The smallest absolute Gasteiger partial charge is 0.245 e. The summed E-state index contributed by atoms with van der Waals surface area (Å²) in [5, 5.41) is 14.8. The molecule has 7 N–H and O–H groups in total. The van der Waals surface area contributed by atoms with Gasteiger partial charge in [-0.2, -0.15) is 0 Å². The second-order valence-electron chi connectivity index (χ2n) is 6.46. The summed E-state index contributed by atoms with van der Waals surface area (Å²) in [7, 11) is 0. The van der Waals surface area contributed by atoms with Crippen LogP contribution in [0.1, 0.15) is 44.7 Å². The number of nitrogens with two attached hydrogens (primary N) is 2. The van der Waals surface area contributed by atoms with Crippen molar-refractivity contribution in [3.05, 3.63) is 35.9 Å². The van der Waals surface area contributed by atoms with Crippen molar-refractivity contribution in [1.29, 1.82) is 0 Å². The summed E-state index contributed by atoms with van der Waals surface area (Å²) in [4.78, 5) is 36.3. The van der Waals surface area contributed by atoms with Crippen LogP contribution in [0.25, 0.3) is 0 Å². The van der Waals surface area contributed by atoms with Crippen molar-refractivity contribution in [3.8, 4) is 0 Å². The molecule has 0 radical (unpaired) electrons. The molecular weight excluding hydrogens is 348 g/mol. The number of nitrogens with one attached hydrogen (secondary N) is 2. The van der Waals surface area contributed by atoms with E-state index in [1.165, 1.54) is 6.92 Å². The summed E-state index contributed by atoms with van der Waals surface area (Å²) in [5.41, 5.74) is 12.5. The molecule has 0 heterocycles. The van der Waals surface area contributed by atoms with Gasteiger partial charge in [0.25, 0.3) is 0 Å². The van der Waals surface area contributed by atoms with Crippen molar-refractivity contribution in [2.24, 2.45) is 11.5 Å². The first-order valence-corrected chi connectivity index (χ1v) is 9.11. The number of ketones is 1. The number of aliphatic hydroxyl groups is 1. The van der Waals surface area contributed by atoms with Gasteiger partial charge >= 0.3 is 0 Å². The maximum atomic E-state index is 12.4. The predicted molar refractivity (Wildman–Crippen MR) is 102 cm³/mol. The molecule has 0 spiro atoms. The summed E-state index contributed by atoms with van der Waals surface area (Å²) < 4.78 is 0. The van der Waals surface area contributed by atoms with E-state index in [0.29, 0.717) is 6.42 Å². The standard InChI is InChI=1S/C19H30N4O4/c1-3-16(25)15(11-20)22-19(27)18(12(2)24)23-17(26)10-9-14(21)13-7-5-4-6-8-13/h4-8,12,14-15,18,24H,3,9-11,20-21H2,1-2H3,(H,22,27)(H,23,26)/t12?,14?,15-,18-/m0/s1. The molecule has 1 rings (SSSR count). The van der Waals surface area contributed by atoms with Gasteiger partial charge in [0, 0.05) is 25.4 Å². The van der Waals surface area contributed by atoms with Gasteiger partial charge < -0.3 is 27.2 Å². The third-order valence-corrected chi connectivity index (χ3v) is 4.28. The average Bonchev–Trinajstić information content (AvgIpc) is 2.67. The molecule has 150 valence electrons. The van der Waals surface area contributed by atoms with Crippen LogP contribution in [-0.4, -0.2) is 47.4 Å². The molecule has 0 aromatic heterocycles. The Labute approximate surface area is 159 Å². The topological polar surface area (TPSA) is 148 Å². The van der Waals surface area contributed by atoms with Crippen LogP contribution in [0.4, 0.5) is 0 Å². The monoisotopic (exact) mass is 378 g/mol. The van der Waals surface area contributed by atoms with Gasteiger partial charge in [-0.3, -0.25) is 14.4 Å². The quantitative estimate of drug-likeness (QED) is 0.359. The Kier molecular flexibility index (Phi) is 9.63. The highest BCUT2D eigenvalue weighted by Crippen LogP contribution is 2.15. The van der Waals surface area contributed by atoms with Gasteiger partial charge in [0.2, 0.25) is 11.8 Å². The van der Waals surface area contributed by atoms with Gasteiger partial charge in [0.1, 0.15) is 6.04 Å². The second-order valence-corrected chi connectivity index (χ2v) is 6.46. The lowest BCUT2D eigenvalue weighted by Gasteiger charge is -2.24. The molecule has 8 heteroatoms. The highest BCUT2D eigenvalue weighted by atomic mass is 16.3. The molecule has 0 aliphatic heterocycles. The highest BCUT2D eigenvalue weighted by molar-refractivity contribution is 5.93. The summed E-state index contributed by atoms with van der Waals surface area (Å²) >= 11 is 0. The van der Waals surface area contributed by atoms with E-state index in [4.69, 9.17) is 11.5 Å². The average molecular weight is 378 g/mol. The van der Waals surface area contributed by atoms with Crippen LogP contribution in [0.2, 0.25) is 0 Å². The van der Waals surface area contributed by atoms with Gasteiger partial charge in [0.05, 0.1) is 12.1 Å². The number of carbonyl (C=O) groups is 3. The summed E-state index contributed by atoms with van der Waals surface area (Å²) in [5.74, 6) is -1.27. The van der Waals surface area contributed by atoms with Crippen LogP contribution in [0.15, 0.2) is 30.3 Å². The normalized spacial score (nSPS) is 15.3. The molecule has 2 unspecified atom stereocenters. The molecule has 0 bridgehead atoms. The fourth-order valence-electron chi connectivity index (χ4n) is 2.58. The first-order valence-electron chi connectivity index (χ1n) is 9.11. The Hall–Kier alpha value is -2.29. The number of aliphatic hydroxyl groups excluding tert-OH is 1. The van der Waals surface area contributed by atoms with Crippen LogP contribution in [-0.2, 0) is 14.4 Å². The predicted octanol–water partition coefficient (Wildman–Crippen LogP) is -0.245. The van der Waals surface area contributed by atoms with E-state index in [1.807, 2.05) is 30.3 Å². The fraction of sp³-hybridized carbons (Fsp3) is 0.526. The zero-order valence-electron chi connectivity index (χ0n) is 15.9. The Morgan fingerprint density at radius 1 is 1.15 bits per heavy atom. The molecule has 4 atom stereocenters. The maximum Gasteiger partial charge on any atom is 0.245 e. The minimum Gasteiger partial charge on any atom is -0.391 e. The zero-order valence-corrected chi connectivity index (χ0v) is 15.9. The highest BCUT2D eigenvalue weighted by Gasteiger charge is 2.28. The van der Waals surface area contributed by atoms with Gasteiger partial charge in [-0.15, -0.1) is 0 Å². The van der Waals surface area contributed by atoms with Crippen LogP contribution in [0.3, 0.4) is 0 Å². The maximum absolute atomic E-state index is 12.4. The van der Waals surface area contributed by atoms with E-state index in [9.17, 15) is 19.5 Å². The third kappa shape index (κ3) is 7.46. The van der Waals surface area contributed by atoms with E-state index < -0.39 is 30.0 Å². The fourth-order valence-corrected chi connectivity index (χ4v) is 2.58. The van der Waals surface area contributed by atoms with Crippen LogP contribution in [0, 0.1) is 0 Å². The molecule has 0 aliphatic rings. The first-order chi connectivity index (χ1) is 12.8. The van der Waals surface area contributed by atoms with Crippen LogP contribution < -0.4 is 22.1 Å². The molecule has 27 heavy (non-hydrogen) atoms. The molecule has 1 aromatic rings. The molecule has 0 fully saturated rings. The lowest BCUT2D eigenvalue weighted by Crippen LogP contribution is -2.57. The lowest BCUT2D eigenvalue weighted by molar-refractivity contribution is -0.133. The molecule has 8 nitrogen and oxygen atoms in total. The van der Waals surface area contributed by atoms with E-state index in [2.05, 4.69) is 10.6 Å². The first kappa shape index (κ1) is 22.8.